The summed E-state index contributed by atoms with van der Waals surface area (Å²) in [6, 6.07) is 4.12. The van der Waals surface area contributed by atoms with Crippen molar-refractivity contribution >= 4 is 9.84 Å². The highest BCUT2D eigenvalue weighted by molar-refractivity contribution is 7.90. The lowest BCUT2D eigenvalue weighted by Gasteiger charge is -2.04. The number of furan rings is 1. The third-order valence-electron chi connectivity index (χ3n) is 2.51. The molecule has 0 saturated heterocycles. The third kappa shape index (κ3) is 2.43. The van der Waals surface area contributed by atoms with Crippen molar-refractivity contribution in [2.24, 2.45) is 0 Å². The summed E-state index contributed by atoms with van der Waals surface area (Å²) in [4.78, 5) is 0.0197. The van der Waals surface area contributed by atoms with Crippen LogP contribution in [-0.4, -0.2) is 8.42 Å². The van der Waals surface area contributed by atoms with Crippen LogP contribution in [0.25, 0.3) is 0 Å². The molecule has 96 valence electrons. The van der Waals surface area contributed by atoms with Crippen molar-refractivity contribution in [1.29, 1.82) is 0 Å². The topological polar surface area (TPSA) is 47.3 Å². The summed E-state index contributed by atoms with van der Waals surface area (Å²) in [5.74, 6) is -1.90. The van der Waals surface area contributed by atoms with E-state index in [1.807, 2.05) is 0 Å². The minimum Gasteiger partial charge on any atom is -0.468 e. The smallest absolute Gasteiger partial charge is 0.186 e. The highest BCUT2D eigenvalue weighted by atomic mass is 32.2. The van der Waals surface area contributed by atoms with Crippen molar-refractivity contribution < 1.29 is 21.6 Å². The molecule has 0 fully saturated rings. The first-order valence-electron chi connectivity index (χ1n) is 5.11. The Morgan fingerprint density at radius 2 is 1.94 bits per heavy atom. The maximum Gasteiger partial charge on any atom is 0.186 e. The van der Waals surface area contributed by atoms with Gasteiger partial charge in [-0.1, -0.05) is 6.07 Å². The minimum atomic E-state index is -3.69. The molecule has 1 aromatic heterocycles. The van der Waals surface area contributed by atoms with E-state index in [0.29, 0.717) is 6.07 Å². The predicted octanol–water partition coefficient (Wildman–Crippen LogP) is 2.84. The lowest BCUT2D eigenvalue weighted by atomic mass is 10.2. The number of aryl methyl sites for hydroxylation is 1. The van der Waals surface area contributed by atoms with Gasteiger partial charge in [0.25, 0.3) is 0 Å². The molecule has 0 bridgehead atoms. The summed E-state index contributed by atoms with van der Waals surface area (Å²) in [7, 11) is -3.69. The lowest BCUT2D eigenvalue weighted by molar-refractivity contribution is 0.522. The van der Waals surface area contributed by atoms with E-state index >= 15 is 0 Å². The molecule has 3 nitrogen and oxygen atoms in total. The van der Waals surface area contributed by atoms with Gasteiger partial charge in [-0.2, -0.15) is 0 Å². The van der Waals surface area contributed by atoms with Gasteiger partial charge in [0.2, 0.25) is 0 Å². The monoisotopic (exact) mass is 272 g/mol. The number of sulfone groups is 1. The summed E-state index contributed by atoms with van der Waals surface area (Å²) >= 11 is 0. The SMILES string of the molecule is Cc1occc1S(=O)(=O)Cc1ccc(F)cc1F. The van der Waals surface area contributed by atoms with Crippen LogP contribution < -0.4 is 0 Å². The Bertz CT molecular complexity index is 674. The van der Waals surface area contributed by atoms with Crippen LogP contribution >= 0.6 is 0 Å². The zero-order valence-electron chi connectivity index (χ0n) is 9.48. The van der Waals surface area contributed by atoms with Crippen molar-refractivity contribution in [2.75, 3.05) is 0 Å². The molecule has 0 unspecified atom stereocenters. The average Bonchev–Trinajstić information content (AvgIpc) is 2.69. The lowest BCUT2D eigenvalue weighted by Crippen LogP contribution is -2.07. The van der Waals surface area contributed by atoms with Gasteiger partial charge in [0.1, 0.15) is 22.3 Å². The van der Waals surface area contributed by atoms with Crippen LogP contribution in [0.4, 0.5) is 8.78 Å². The Hall–Kier alpha value is -1.69. The Morgan fingerprint density at radius 1 is 1.22 bits per heavy atom. The van der Waals surface area contributed by atoms with Gasteiger partial charge in [0.15, 0.2) is 9.84 Å². The predicted molar refractivity (Wildman–Crippen MR) is 60.7 cm³/mol. The fourth-order valence-electron chi connectivity index (χ4n) is 1.62. The fraction of sp³-hybridized carbons (Fsp3) is 0.167. The molecular formula is C12H10F2O3S. The van der Waals surface area contributed by atoms with Crippen LogP contribution in [0.2, 0.25) is 0 Å². The fourth-order valence-corrected chi connectivity index (χ4v) is 3.17. The number of benzene rings is 1. The molecule has 0 saturated carbocycles. The summed E-state index contributed by atoms with van der Waals surface area (Å²) in [6.45, 7) is 1.51. The van der Waals surface area contributed by atoms with Gasteiger partial charge in [-0.25, -0.2) is 17.2 Å². The van der Waals surface area contributed by atoms with Gasteiger partial charge in [-0.3, -0.25) is 0 Å². The van der Waals surface area contributed by atoms with Crippen molar-refractivity contribution in [3.8, 4) is 0 Å². The Morgan fingerprint density at radius 3 is 2.50 bits per heavy atom. The van der Waals surface area contributed by atoms with Crippen LogP contribution in [0.15, 0.2) is 39.8 Å². The second-order valence-corrected chi connectivity index (χ2v) is 5.79. The molecule has 0 N–H and O–H groups in total. The quantitative estimate of drug-likeness (QED) is 0.863. The molecule has 2 rings (SSSR count). The zero-order valence-corrected chi connectivity index (χ0v) is 10.3. The number of hydrogen-bond acceptors (Lipinski definition) is 3. The van der Waals surface area contributed by atoms with Crippen LogP contribution in [-0.2, 0) is 15.6 Å². The molecule has 1 heterocycles. The van der Waals surface area contributed by atoms with Crippen molar-refractivity contribution in [3.63, 3.8) is 0 Å². The number of rotatable bonds is 3. The highest BCUT2D eigenvalue weighted by Crippen LogP contribution is 2.22. The standard InChI is InChI=1S/C12H10F2O3S/c1-8-12(4-5-17-8)18(15,16)7-9-2-3-10(13)6-11(9)14/h2-6H,7H2,1H3. The van der Waals surface area contributed by atoms with E-state index in [2.05, 4.69) is 0 Å². The average molecular weight is 272 g/mol. The molecule has 18 heavy (non-hydrogen) atoms. The van der Waals surface area contributed by atoms with Crippen molar-refractivity contribution in [3.05, 3.63) is 53.5 Å². The van der Waals surface area contributed by atoms with Crippen LogP contribution in [0.5, 0.6) is 0 Å². The summed E-state index contributed by atoms with van der Waals surface area (Å²) < 4.78 is 55.0. The molecule has 0 atom stereocenters. The first-order chi connectivity index (χ1) is 8.40. The van der Waals surface area contributed by atoms with Gasteiger partial charge in [0.05, 0.1) is 12.0 Å². The Kier molecular flexibility index (Phi) is 3.21. The van der Waals surface area contributed by atoms with E-state index in [9.17, 15) is 17.2 Å². The van der Waals surface area contributed by atoms with Crippen LogP contribution in [0.3, 0.4) is 0 Å². The van der Waals surface area contributed by atoms with Crippen molar-refractivity contribution in [1.82, 2.24) is 0 Å². The first-order valence-corrected chi connectivity index (χ1v) is 6.76. The van der Waals surface area contributed by atoms with Gasteiger partial charge < -0.3 is 4.42 Å². The Labute approximate surface area is 103 Å². The van der Waals surface area contributed by atoms with Gasteiger partial charge >= 0.3 is 0 Å². The second-order valence-electron chi connectivity index (χ2n) is 3.84. The first kappa shape index (κ1) is 12.8. The van der Waals surface area contributed by atoms with Gasteiger partial charge in [-0.15, -0.1) is 0 Å². The summed E-state index contributed by atoms with van der Waals surface area (Å²) in [5.41, 5.74) is -0.0722. The molecule has 1 aromatic carbocycles. The van der Waals surface area contributed by atoms with E-state index in [-0.39, 0.29) is 16.2 Å². The molecule has 0 spiro atoms. The van der Waals surface area contributed by atoms with Gasteiger partial charge in [-0.05, 0) is 19.1 Å². The molecule has 0 aliphatic carbocycles. The van der Waals surface area contributed by atoms with E-state index in [4.69, 9.17) is 4.42 Å². The highest BCUT2D eigenvalue weighted by Gasteiger charge is 2.21. The minimum absolute atomic E-state index is 0.0197. The van der Waals surface area contributed by atoms with E-state index in [0.717, 1.165) is 12.1 Å². The number of hydrogen-bond donors (Lipinski definition) is 0. The normalized spacial score (nSPS) is 11.7. The van der Waals surface area contributed by atoms with E-state index < -0.39 is 27.2 Å². The van der Waals surface area contributed by atoms with Crippen molar-refractivity contribution in [2.45, 2.75) is 17.6 Å². The second kappa shape index (κ2) is 4.53. The maximum absolute atomic E-state index is 13.4. The van der Waals surface area contributed by atoms with E-state index in [1.54, 1.807) is 0 Å². The van der Waals surface area contributed by atoms with Gasteiger partial charge in [0, 0.05) is 11.6 Å². The maximum atomic E-state index is 13.4. The molecule has 0 aliphatic rings. The number of halogens is 2. The van der Waals surface area contributed by atoms with E-state index in [1.165, 1.54) is 19.3 Å². The molecule has 0 radical (unpaired) electrons. The molecule has 0 amide bonds. The van der Waals surface area contributed by atoms with Crippen LogP contribution in [0, 0.1) is 18.6 Å². The summed E-state index contributed by atoms with van der Waals surface area (Å²) in [6.07, 6.45) is 1.25. The molecular weight excluding hydrogens is 262 g/mol. The third-order valence-corrected chi connectivity index (χ3v) is 4.29. The molecule has 6 heteroatoms. The summed E-state index contributed by atoms with van der Waals surface area (Å²) in [5, 5.41) is 0. The zero-order chi connectivity index (χ0) is 13.3. The molecule has 0 aliphatic heterocycles. The van der Waals surface area contributed by atoms with Crippen LogP contribution in [0.1, 0.15) is 11.3 Å². The Balaban J connectivity index is 2.37. The largest absolute Gasteiger partial charge is 0.468 e. The molecule has 2 aromatic rings.